The Labute approximate surface area is 139 Å². The van der Waals surface area contributed by atoms with E-state index in [1.54, 1.807) is 0 Å². The smallest absolute Gasteiger partial charge is 0.0178 e. The fourth-order valence-electron chi connectivity index (χ4n) is 2.91. The minimum absolute atomic E-state index is 0.675. The Hall–Kier alpha value is -0.340. The average Bonchev–Trinajstić information content (AvgIpc) is 3.30. The van der Waals surface area contributed by atoms with E-state index in [9.17, 15) is 0 Å². The molecule has 1 aromatic rings. The van der Waals surface area contributed by atoms with Crippen molar-refractivity contribution in [3.63, 3.8) is 0 Å². The molecule has 1 aliphatic carbocycles. The second-order valence-corrected chi connectivity index (χ2v) is 7.41. The van der Waals surface area contributed by atoms with Crippen molar-refractivity contribution in [3.8, 4) is 0 Å². The Morgan fingerprint density at radius 1 is 1.14 bits per heavy atom. The maximum absolute atomic E-state index is 3.72. The molecule has 0 spiro atoms. The second kappa shape index (κ2) is 9.63. The molecule has 1 nitrogen and oxygen atoms in total. The summed E-state index contributed by atoms with van der Waals surface area (Å²) in [6, 6.07) is 9.70. The number of benzene rings is 1. The van der Waals surface area contributed by atoms with Gasteiger partial charge in [-0.1, -0.05) is 73.5 Å². The summed E-state index contributed by atoms with van der Waals surface area (Å²) < 4.78 is 1.21. The lowest BCUT2D eigenvalue weighted by molar-refractivity contribution is 0.505. The number of halogens is 1. The van der Waals surface area contributed by atoms with E-state index < -0.39 is 0 Å². The van der Waals surface area contributed by atoms with E-state index in [0.29, 0.717) is 5.92 Å². The van der Waals surface area contributed by atoms with E-state index >= 15 is 0 Å². The molecule has 118 valence electrons. The van der Waals surface area contributed by atoms with Crippen LogP contribution in [0.4, 0.5) is 0 Å². The van der Waals surface area contributed by atoms with Gasteiger partial charge in [-0.2, -0.15) is 0 Å². The molecule has 1 saturated carbocycles. The van der Waals surface area contributed by atoms with E-state index in [-0.39, 0.29) is 0 Å². The molecular weight excluding hydrogens is 322 g/mol. The Bertz CT molecular complexity index is 400. The fraction of sp³-hybridized carbons (Fsp3) is 0.684. The van der Waals surface area contributed by atoms with E-state index in [2.05, 4.69) is 52.4 Å². The lowest BCUT2D eigenvalue weighted by Crippen LogP contribution is -2.23. The van der Waals surface area contributed by atoms with Gasteiger partial charge in [0, 0.05) is 17.1 Å². The van der Waals surface area contributed by atoms with Gasteiger partial charge in [-0.05, 0) is 42.9 Å². The minimum atomic E-state index is 0.675. The summed E-state index contributed by atoms with van der Waals surface area (Å²) in [5.74, 6) is 0.675. The monoisotopic (exact) mass is 351 g/mol. The summed E-state index contributed by atoms with van der Waals surface area (Å²) in [5.41, 5.74) is 1.49. The van der Waals surface area contributed by atoms with Crippen molar-refractivity contribution >= 4 is 15.9 Å². The Morgan fingerprint density at radius 2 is 1.90 bits per heavy atom. The van der Waals surface area contributed by atoms with Gasteiger partial charge in [0.25, 0.3) is 0 Å². The van der Waals surface area contributed by atoms with Crippen LogP contribution in [-0.2, 0) is 0 Å². The number of hydrogen-bond donors (Lipinski definition) is 1. The topological polar surface area (TPSA) is 12.0 Å². The summed E-state index contributed by atoms with van der Waals surface area (Å²) in [6.07, 6.45) is 12.4. The molecule has 1 aromatic carbocycles. The molecule has 1 atom stereocenters. The predicted octanol–water partition coefficient (Wildman–Crippen LogP) is 6.04. The quantitative estimate of drug-likeness (QED) is 0.479. The van der Waals surface area contributed by atoms with Crippen LogP contribution in [0, 0.1) is 0 Å². The molecule has 1 fully saturated rings. The van der Waals surface area contributed by atoms with Crippen molar-refractivity contribution < 1.29 is 0 Å². The van der Waals surface area contributed by atoms with Crippen LogP contribution in [0.1, 0.15) is 76.2 Å². The molecule has 0 amide bonds. The van der Waals surface area contributed by atoms with Crippen molar-refractivity contribution in [3.05, 3.63) is 34.3 Å². The standard InChI is InChI=1S/C19H30BrN/c1-2-3-4-5-6-7-9-17(15-21-19-12-13-19)16-10-8-11-18(20)14-16/h8,10-11,14,17,19,21H,2-7,9,12-13,15H2,1H3. The van der Waals surface area contributed by atoms with E-state index in [0.717, 1.165) is 12.6 Å². The lowest BCUT2D eigenvalue weighted by atomic mass is 9.92. The van der Waals surface area contributed by atoms with Crippen LogP contribution < -0.4 is 5.32 Å². The van der Waals surface area contributed by atoms with Crippen molar-refractivity contribution in [1.29, 1.82) is 0 Å². The zero-order valence-electron chi connectivity index (χ0n) is 13.4. The first kappa shape index (κ1) is 17.0. The van der Waals surface area contributed by atoms with Crippen LogP contribution in [0.3, 0.4) is 0 Å². The van der Waals surface area contributed by atoms with E-state index in [1.165, 1.54) is 67.8 Å². The summed E-state index contributed by atoms with van der Waals surface area (Å²) >= 11 is 3.61. The van der Waals surface area contributed by atoms with Crippen LogP contribution in [0.15, 0.2) is 28.7 Å². The maximum Gasteiger partial charge on any atom is 0.0178 e. The van der Waals surface area contributed by atoms with Crippen LogP contribution in [0.25, 0.3) is 0 Å². The van der Waals surface area contributed by atoms with Crippen molar-refractivity contribution in [2.75, 3.05) is 6.54 Å². The molecule has 1 unspecified atom stereocenters. The molecule has 1 N–H and O–H groups in total. The molecule has 21 heavy (non-hydrogen) atoms. The average molecular weight is 352 g/mol. The SMILES string of the molecule is CCCCCCCCC(CNC1CC1)c1cccc(Br)c1. The molecule has 0 radical (unpaired) electrons. The number of unbranched alkanes of at least 4 members (excludes halogenated alkanes) is 5. The van der Waals surface area contributed by atoms with Gasteiger partial charge in [0.05, 0.1) is 0 Å². The summed E-state index contributed by atoms with van der Waals surface area (Å²) in [7, 11) is 0. The van der Waals surface area contributed by atoms with Gasteiger partial charge >= 0.3 is 0 Å². The molecule has 2 heteroatoms. The van der Waals surface area contributed by atoms with Gasteiger partial charge in [-0.25, -0.2) is 0 Å². The second-order valence-electron chi connectivity index (χ2n) is 6.49. The van der Waals surface area contributed by atoms with Crippen LogP contribution in [0.2, 0.25) is 0 Å². The number of rotatable bonds is 11. The summed E-state index contributed by atoms with van der Waals surface area (Å²) in [4.78, 5) is 0. The molecule has 0 aliphatic heterocycles. The Balaban J connectivity index is 1.77. The normalized spacial score (nSPS) is 16.1. The van der Waals surface area contributed by atoms with Gasteiger partial charge in [-0.15, -0.1) is 0 Å². The Morgan fingerprint density at radius 3 is 2.62 bits per heavy atom. The molecule has 0 bridgehead atoms. The molecular formula is C19H30BrN. The molecule has 1 aliphatic rings. The minimum Gasteiger partial charge on any atom is -0.313 e. The van der Waals surface area contributed by atoms with Gasteiger partial charge in [0.15, 0.2) is 0 Å². The third kappa shape index (κ3) is 6.97. The summed E-state index contributed by atoms with van der Waals surface area (Å²) in [5, 5.41) is 3.72. The lowest BCUT2D eigenvalue weighted by Gasteiger charge is -2.18. The van der Waals surface area contributed by atoms with Gasteiger partial charge < -0.3 is 5.32 Å². The van der Waals surface area contributed by atoms with E-state index in [4.69, 9.17) is 0 Å². The van der Waals surface area contributed by atoms with Crippen LogP contribution in [0.5, 0.6) is 0 Å². The first-order valence-electron chi connectivity index (χ1n) is 8.78. The largest absolute Gasteiger partial charge is 0.313 e. The highest BCUT2D eigenvalue weighted by Gasteiger charge is 2.22. The highest BCUT2D eigenvalue weighted by Crippen LogP contribution is 2.27. The van der Waals surface area contributed by atoms with Crippen molar-refractivity contribution in [2.45, 2.75) is 76.7 Å². The highest BCUT2D eigenvalue weighted by atomic mass is 79.9. The first-order chi connectivity index (χ1) is 10.3. The third-order valence-corrected chi connectivity index (χ3v) is 4.95. The zero-order chi connectivity index (χ0) is 14.9. The van der Waals surface area contributed by atoms with Gasteiger partial charge in [0.2, 0.25) is 0 Å². The van der Waals surface area contributed by atoms with Crippen molar-refractivity contribution in [1.82, 2.24) is 5.32 Å². The van der Waals surface area contributed by atoms with Crippen molar-refractivity contribution in [2.24, 2.45) is 0 Å². The van der Waals surface area contributed by atoms with Crippen LogP contribution >= 0.6 is 15.9 Å². The zero-order valence-corrected chi connectivity index (χ0v) is 15.0. The summed E-state index contributed by atoms with van der Waals surface area (Å²) in [6.45, 7) is 3.43. The predicted molar refractivity (Wildman–Crippen MR) is 95.9 cm³/mol. The molecule has 2 rings (SSSR count). The third-order valence-electron chi connectivity index (χ3n) is 4.46. The number of hydrogen-bond acceptors (Lipinski definition) is 1. The Kier molecular flexibility index (Phi) is 7.81. The van der Waals surface area contributed by atoms with Gasteiger partial charge in [0.1, 0.15) is 0 Å². The number of nitrogens with one attached hydrogen (secondary N) is 1. The maximum atomic E-state index is 3.72. The highest BCUT2D eigenvalue weighted by molar-refractivity contribution is 9.10. The fourth-order valence-corrected chi connectivity index (χ4v) is 3.33. The van der Waals surface area contributed by atoms with Crippen LogP contribution in [-0.4, -0.2) is 12.6 Å². The van der Waals surface area contributed by atoms with E-state index in [1.807, 2.05) is 0 Å². The molecule has 0 saturated heterocycles. The first-order valence-corrected chi connectivity index (χ1v) is 9.57. The molecule has 0 aromatic heterocycles. The molecule has 0 heterocycles. The van der Waals surface area contributed by atoms with Gasteiger partial charge in [-0.3, -0.25) is 0 Å².